The summed E-state index contributed by atoms with van der Waals surface area (Å²) in [5.74, 6) is -1.29. The first-order chi connectivity index (χ1) is 14.8. The van der Waals surface area contributed by atoms with Gasteiger partial charge in [-0.2, -0.15) is 0 Å². The monoisotopic (exact) mass is 481 g/mol. The molecular formula is C22H18Cl2FNO4S. The molecule has 0 heterocycles. The minimum absolute atomic E-state index is 0.0288. The van der Waals surface area contributed by atoms with Crippen LogP contribution in [0.25, 0.3) is 0 Å². The fourth-order valence-electron chi connectivity index (χ4n) is 2.85. The number of hydrogen-bond donors (Lipinski definition) is 1. The lowest BCUT2D eigenvalue weighted by Crippen LogP contribution is -2.29. The summed E-state index contributed by atoms with van der Waals surface area (Å²) in [7, 11) is -3.85. The Hall–Kier alpha value is -2.45. The molecule has 0 fully saturated rings. The lowest BCUT2D eigenvalue weighted by molar-refractivity contribution is 0.0492. The first-order valence-corrected chi connectivity index (χ1v) is 11.5. The Bertz CT molecular complexity index is 1160. The first-order valence-electron chi connectivity index (χ1n) is 9.21. The number of ether oxygens (including phenoxy) is 1. The maximum Gasteiger partial charge on any atom is 0.339 e. The number of nitrogens with one attached hydrogen (secondary N) is 1. The number of halogens is 3. The summed E-state index contributed by atoms with van der Waals surface area (Å²) in [6, 6.07) is 17.4. The third-order valence-electron chi connectivity index (χ3n) is 4.41. The van der Waals surface area contributed by atoms with Gasteiger partial charge in [0.1, 0.15) is 5.82 Å². The van der Waals surface area contributed by atoms with Crippen molar-refractivity contribution in [3.63, 3.8) is 0 Å². The van der Waals surface area contributed by atoms with Gasteiger partial charge in [-0.05, 0) is 48.0 Å². The molecule has 162 valence electrons. The van der Waals surface area contributed by atoms with E-state index in [1.807, 2.05) is 6.07 Å². The molecule has 3 aromatic rings. The van der Waals surface area contributed by atoms with Crippen molar-refractivity contribution in [2.24, 2.45) is 0 Å². The fraction of sp³-hybridized carbons (Fsp3) is 0.136. The molecular weight excluding hydrogens is 464 g/mol. The van der Waals surface area contributed by atoms with E-state index < -0.39 is 27.9 Å². The molecule has 3 rings (SSSR count). The van der Waals surface area contributed by atoms with E-state index >= 15 is 0 Å². The van der Waals surface area contributed by atoms with Crippen LogP contribution in [-0.4, -0.2) is 21.0 Å². The molecule has 5 nitrogen and oxygen atoms in total. The summed E-state index contributed by atoms with van der Waals surface area (Å²) in [5.41, 5.74) is 0.733. The minimum Gasteiger partial charge on any atom is -0.462 e. The minimum atomic E-state index is -3.85. The summed E-state index contributed by atoms with van der Waals surface area (Å²) >= 11 is 11.7. The maximum atomic E-state index is 13.2. The highest BCUT2D eigenvalue weighted by Gasteiger charge is 2.22. The number of benzene rings is 3. The van der Waals surface area contributed by atoms with Gasteiger partial charge in [0, 0.05) is 11.4 Å². The van der Waals surface area contributed by atoms with Gasteiger partial charge in [0.2, 0.25) is 10.0 Å². The molecule has 9 heteroatoms. The number of rotatable bonds is 8. The number of hydrogen-bond acceptors (Lipinski definition) is 4. The van der Waals surface area contributed by atoms with E-state index in [1.165, 1.54) is 30.3 Å². The van der Waals surface area contributed by atoms with Crippen molar-refractivity contribution >= 4 is 39.2 Å². The number of esters is 1. The lowest BCUT2D eigenvalue weighted by Gasteiger charge is -2.19. The van der Waals surface area contributed by atoms with Crippen LogP contribution in [0, 0.1) is 5.82 Å². The second-order valence-corrected chi connectivity index (χ2v) is 9.14. The van der Waals surface area contributed by atoms with Crippen molar-refractivity contribution in [1.29, 1.82) is 0 Å². The summed E-state index contributed by atoms with van der Waals surface area (Å²) in [4.78, 5) is 12.3. The SMILES string of the molecule is O=C(OCCC(NS(=O)(=O)c1ccc(Cl)cc1)c1ccccc1)c1ccc(F)cc1Cl. The average Bonchev–Trinajstić information content (AvgIpc) is 2.73. The fourth-order valence-corrected chi connectivity index (χ4v) is 4.48. The zero-order valence-electron chi connectivity index (χ0n) is 16.1. The van der Waals surface area contributed by atoms with Crippen molar-refractivity contribution in [2.75, 3.05) is 6.61 Å². The average molecular weight is 482 g/mol. The van der Waals surface area contributed by atoms with Gasteiger partial charge in [-0.1, -0.05) is 53.5 Å². The van der Waals surface area contributed by atoms with Crippen LogP contribution >= 0.6 is 23.2 Å². The second-order valence-electron chi connectivity index (χ2n) is 6.59. The van der Waals surface area contributed by atoms with Crippen LogP contribution in [0.4, 0.5) is 4.39 Å². The van der Waals surface area contributed by atoms with Crippen LogP contribution in [0.5, 0.6) is 0 Å². The van der Waals surface area contributed by atoms with Crippen molar-refractivity contribution in [3.8, 4) is 0 Å². The van der Waals surface area contributed by atoms with Gasteiger partial charge in [0.15, 0.2) is 0 Å². The van der Waals surface area contributed by atoms with Crippen LogP contribution in [0.15, 0.2) is 77.7 Å². The summed E-state index contributed by atoms with van der Waals surface area (Å²) < 4.78 is 46.7. The number of carbonyl (C=O) groups is 1. The summed E-state index contributed by atoms with van der Waals surface area (Å²) in [6.07, 6.45) is 0.168. The van der Waals surface area contributed by atoms with E-state index in [2.05, 4.69) is 4.72 Å². The highest BCUT2D eigenvalue weighted by Crippen LogP contribution is 2.23. The van der Waals surface area contributed by atoms with E-state index in [0.717, 1.165) is 12.1 Å². The predicted octanol–water partition coefficient (Wildman–Crippen LogP) is 5.40. The molecule has 0 aliphatic rings. The van der Waals surface area contributed by atoms with Gasteiger partial charge < -0.3 is 4.74 Å². The van der Waals surface area contributed by atoms with Crippen molar-refractivity contribution in [3.05, 3.63) is 99.8 Å². The molecule has 1 unspecified atom stereocenters. The summed E-state index contributed by atoms with van der Waals surface area (Å²) in [5, 5.41) is 0.359. The van der Waals surface area contributed by atoms with Crippen molar-refractivity contribution in [2.45, 2.75) is 17.4 Å². The molecule has 1 atom stereocenters. The molecule has 0 radical (unpaired) electrons. The summed E-state index contributed by atoms with van der Waals surface area (Å²) in [6.45, 7) is -0.0881. The van der Waals surface area contributed by atoms with Crippen molar-refractivity contribution < 1.29 is 22.3 Å². The third kappa shape index (κ3) is 6.27. The molecule has 1 N–H and O–H groups in total. The Balaban J connectivity index is 1.72. The Morgan fingerprint density at radius 1 is 1.00 bits per heavy atom. The smallest absolute Gasteiger partial charge is 0.339 e. The Labute approximate surface area is 189 Å². The van der Waals surface area contributed by atoms with Crippen LogP contribution in [0.1, 0.15) is 28.4 Å². The van der Waals surface area contributed by atoms with Gasteiger partial charge >= 0.3 is 5.97 Å². The topological polar surface area (TPSA) is 72.5 Å². The van der Waals surface area contributed by atoms with E-state index in [0.29, 0.717) is 10.6 Å². The normalized spacial score (nSPS) is 12.4. The molecule has 0 saturated carbocycles. The van der Waals surface area contributed by atoms with Crippen LogP contribution in [0.2, 0.25) is 10.0 Å². The molecule has 31 heavy (non-hydrogen) atoms. The molecule has 0 aliphatic carbocycles. The van der Waals surface area contributed by atoms with E-state index in [4.69, 9.17) is 27.9 Å². The van der Waals surface area contributed by atoms with Gasteiger partial charge in [0.25, 0.3) is 0 Å². The van der Waals surface area contributed by atoms with Gasteiger partial charge in [-0.3, -0.25) is 0 Å². The number of sulfonamides is 1. The highest BCUT2D eigenvalue weighted by atomic mass is 35.5. The molecule has 0 aromatic heterocycles. The zero-order valence-corrected chi connectivity index (χ0v) is 18.4. The van der Waals surface area contributed by atoms with Crippen LogP contribution in [-0.2, 0) is 14.8 Å². The van der Waals surface area contributed by atoms with Gasteiger partial charge in [0.05, 0.1) is 28.1 Å². The van der Waals surface area contributed by atoms with Gasteiger partial charge in [-0.15, -0.1) is 0 Å². The quantitative estimate of drug-likeness (QED) is 0.437. The lowest BCUT2D eigenvalue weighted by atomic mass is 10.1. The second kappa shape index (κ2) is 10.2. The largest absolute Gasteiger partial charge is 0.462 e. The molecule has 0 bridgehead atoms. The Morgan fingerprint density at radius 3 is 2.32 bits per heavy atom. The standard InChI is InChI=1S/C22H18Cl2FNO4S/c23-16-6-9-18(10-7-16)31(28,29)26-21(15-4-2-1-3-5-15)12-13-30-22(27)19-11-8-17(25)14-20(19)24/h1-11,14,21,26H,12-13H2. The van der Waals surface area contributed by atoms with E-state index in [-0.39, 0.29) is 28.5 Å². The maximum absolute atomic E-state index is 13.2. The Morgan fingerprint density at radius 2 is 1.68 bits per heavy atom. The van der Waals surface area contributed by atoms with E-state index in [1.54, 1.807) is 24.3 Å². The first kappa shape index (κ1) is 23.2. The Kier molecular flexibility index (Phi) is 7.67. The molecule has 0 amide bonds. The molecule has 0 saturated heterocycles. The van der Waals surface area contributed by atoms with Gasteiger partial charge in [-0.25, -0.2) is 22.3 Å². The molecule has 0 aliphatic heterocycles. The van der Waals surface area contributed by atoms with Crippen LogP contribution < -0.4 is 4.72 Å². The van der Waals surface area contributed by atoms with Crippen molar-refractivity contribution in [1.82, 2.24) is 4.72 Å². The highest BCUT2D eigenvalue weighted by molar-refractivity contribution is 7.89. The third-order valence-corrected chi connectivity index (χ3v) is 6.47. The molecule has 0 spiro atoms. The number of carbonyl (C=O) groups excluding carboxylic acids is 1. The predicted molar refractivity (Wildman–Crippen MR) is 117 cm³/mol. The molecule has 3 aromatic carbocycles. The zero-order chi connectivity index (χ0) is 22.4. The van der Waals surface area contributed by atoms with E-state index in [9.17, 15) is 17.6 Å². The van der Waals surface area contributed by atoms with Crippen LogP contribution in [0.3, 0.4) is 0 Å².